The van der Waals surface area contributed by atoms with Crippen LogP contribution in [0.15, 0.2) is 41.5 Å². The maximum Gasteiger partial charge on any atom is 0.431 e. The molecule has 2 heterocycles. The molecule has 4 atom stereocenters. The quantitative estimate of drug-likeness (QED) is 0.468. The molecular weight excluding hydrogens is 513 g/mol. The van der Waals surface area contributed by atoms with Gasteiger partial charge in [0.05, 0.1) is 30.9 Å². The van der Waals surface area contributed by atoms with Gasteiger partial charge in [0.25, 0.3) is 0 Å². The van der Waals surface area contributed by atoms with E-state index in [4.69, 9.17) is 9.47 Å². The Balaban J connectivity index is 1.45. The lowest BCUT2D eigenvalue weighted by molar-refractivity contribution is -0.137. The zero-order valence-electron chi connectivity index (χ0n) is 21.0. The number of carbonyl (C=O) groups is 1. The fourth-order valence-electron chi connectivity index (χ4n) is 4.95. The van der Waals surface area contributed by atoms with E-state index in [2.05, 4.69) is 5.10 Å². The Bertz CT molecular complexity index is 1200. The Morgan fingerprint density at radius 1 is 1.13 bits per heavy atom. The fraction of sp³-hybridized carbons (Fsp3) is 0.462. The van der Waals surface area contributed by atoms with Crippen molar-refractivity contribution < 1.29 is 41.3 Å². The molecule has 206 valence electrons. The van der Waals surface area contributed by atoms with Crippen molar-refractivity contribution in [2.75, 3.05) is 30.1 Å². The van der Waals surface area contributed by atoms with Crippen molar-refractivity contribution in [2.24, 2.45) is 16.9 Å². The fourth-order valence-corrected chi connectivity index (χ4v) is 4.95. The molecule has 2 aromatic carbocycles. The monoisotopic (exact) mass is 541 g/mol. The predicted octanol–water partition coefficient (Wildman–Crippen LogP) is 5.48. The minimum Gasteiger partial charge on any atom is -0.497 e. The number of nitrogens with zero attached hydrogens (tertiary/aromatic N) is 3. The van der Waals surface area contributed by atoms with Crippen molar-refractivity contribution in [1.29, 1.82) is 0 Å². The number of hydrazone groups is 1. The summed E-state index contributed by atoms with van der Waals surface area (Å²) in [5.41, 5.74) is -0.587. The minimum absolute atomic E-state index is 0.0598. The summed E-state index contributed by atoms with van der Waals surface area (Å²) in [5.74, 6) is -3.64. The second-order valence-corrected chi connectivity index (χ2v) is 9.59. The third-order valence-corrected chi connectivity index (χ3v) is 6.99. The van der Waals surface area contributed by atoms with Crippen LogP contribution in [0.25, 0.3) is 0 Å². The summed E-state index contributed by atoms with van der Waals surface area (Å²) in [6.07, 6.45) is -4.89. The molecule has 0 spiro atoms. The number of ether oxygens (including phenoxy) is 2. The molecule has 1 saturated heterocycles. The molecule has 0 saturated carbocycles. The van der Waals surface area contributed by atoms with Gasteiger partial charge in [0.15, 0.2) is 11.6 Å². The van der Waals surface area contributed by atoms with E-state index >= 15 is 0 Å². The Morgan fingerprint density at radius 2 is 1.82 bits per heavy atom. The van der Waals surface area contributed by atoms with Crippen LogP contribution in [-0.4, -0.2) is 55.3 Å². The maximum absolute atomic E-state index is 14.4. The van der Waals surface area contributed by atoms with Crippen molar-refractivity contribution in [2.45, 2.75) is 45.0 Å². The molecule has 1 fully saturated rings. The maximum atomic E-state index is 14.4. The van der Waals surface area contributed by atoms with Crippen LogP contribution in [0.3, 0.4) is 0 Å². The lowest BCUT2D eigenvalue weighted by Gasteiger charge is -2.38. The molecule has 0 aliphatic carbocycles. The van der Waals surface area contributed by atoms with Gasteiger partial charge in [-0.05, 0) is 24.3 Å². The van der Waals surface area contributed by atoms with Crippen LogP contribution >= 0.6 is 0 Å². The number of hydrogen-bond donors (Lipinski definition) is 1. The highest BCUT2D eigenvalue weighted by Crippen LogP contribution is 2.37. The van der Waals surface area contributed by atoms with Crippen LogP contribution in [0.4, 0.5) is 33.3 Å². The zero-order chi connectivity index (χ0) is 27.8. The summed E-state index contributed by atoms with van der Waals surface area (Å²) in [6, 6.07) is 7.71. The highest BCUT2D eigenvalue weighted by atomic mass is 19.4. The number of alkyl halides is 3. The Morgan fingerprint density at radius 3 is 2.39 bits per heavy atom. The molecule has 1 N–H and O–H groups in total. The molecule has 0 radical (unpaired) electrons. The second-order valence-electron chi connectivity index (χ2n) is 9.59. The van der Waals surface area contributed by atoms with E-state index < -0.39 is 47.9 Å². The van der Waals surface area contributed by atoms with Crippen molar-refractivity contribution in [3.8, 4) is 11.5 Å². The van der Waals surface area contributed by atoms with Crippen molar-refractivity contribution in [1.82, 2.24) is 0 Å². The standard InChI is InChI=1S/C26H28F5N3O4/c1-14-13-33(21-11-18(37-3)10-19(27)24(21)28)9-8-22(14)38-17-6-4-16(5-7-17)34-20(12-23(35)36)15(2)25(32-34)26(29,30)31/h4-7,10-11,14-15,20,22H,8-9,12-13H2,1-3H3,(H,35,36)/t14?,15-,20-,22?/m0/s1. The minimum atomic E-state index is -4.67. The van der Waals surface area contributed by atoms with E-state index in [-0.39, 0.29) is 23.5 Å². The molecule has 2 aromatic rings. The first-order valence-electron chi connectivity index (χ1n) is 12.1. The van der Waals surface area contributed by atoms with Crippen molar-refractivity contribution in [3.63, 3.8) is 0 Å². The van der Waals surface area contributed by atoms with Gasteiger partial charge in [-0.2, -0.15) is 18.3 Å². The number of rotatable bonds is 7. The highest BCUT2D eigenvalue weighted by Gasteiger charge is 2.48. The van der Waals surface area contributed by atoms with Gasteiger partial charge in [-0.15, -0.1) is 0 Å². The predicted molar refractivity (Wildman–Crippen MR) is 131 cm³/mol. The third-order valence-electron chi connectivity index (χ3n) is 6.99. The van der Waals surface area contributed by atoms with E-state index in [0.717, 1.165) is 11.1 Å². The molecule has 4 rings (SSSR count). The molecule has 2 aliphatic rings. The van der Waals surface area contributed by atoms with Crippen LogP contribution < -0.4 is 19.4 Å². The molecule has 0 bridgehead atoms. The van der Waals surface area contributed by atoms with Gasteiger partial charge in [-0.25, -0.2) is 8.78 Å². The number of methoxy groups -OCH3 is 1. The van der Waals surface area contributed by atoms with Crippen LogP contribution in [0.1, 0.15) is 26.7 Å². The molecule has 2 unspecified atom stereocenters. The smallest absolute Gasteiger partial charge is 0.431 e. The summed E-state index contributed by atoms with van der Waals surface area (Å²) in [7, 11) is 1.38. The summed E-state index contributed by atoms with van der Waals surface area (Å²) < 4.78 is 79.8. The molecule has 12 heteroatoms. The second kappa shape index (κ2) is 10.7. The lowest BCUT2D eigenvalue weighted by Crippen LogP contribution is -2.44. The first kappa shape index (κ1) is 27.5. The summed E-state index contributed by atoms with van der Waals surface area (Å²) in [5, 5.41) is 14.0. The lowest BCUT2D eigenvalue weighted by atomic mass is 9.94. The average Bonchev–Trinajstić information content (AvgIpc) is 3.18. The van der Waals surface area contributed by atoms with Crippen LogP contribution in [-0.2, 0) is 4.79 Å². The largest absolute Gasteiger partial charge is 0.497 e. The highest BCUT2D eigenvalue weighted by molar-refractivity contribution is 5.95. The molecule has 0 aromatic heterocycles. The first-order valence-corrected chi connectivity index (χ1v) is 12.1. The number of carboxylic acid groups (broad SMARTS) is 1. The number of carboxylic acids is 1. The third kappa shape index (κ3) is 5.63. The summed E-state index contributed by atoms with van der Waals surface area (Å²) >= 11 is 0. The number of hydrogen-bond acceptors (Lipinski definition) is 6. The molecule has 38 heavy (non-hydrogen) atoms. The molecule has 0 amide bonds. The van der Waals surface area contributed by atoms with E-state index in [9.17, 15) is 31.9 Å². The van der Waals surface area contributed by atoms with E-state index in [1.165, 1.54) is 32.2 Å². The van der Waals surface area contributed by atoms with Crippen molar-refractivity contribution >= 4 is 23.1 Å². The Hall–Kier alpha value is -3.57. The number of benzene rings is 2. The van der Waals surface area contributed by atoms with E-state index in [1.807, 2.05) is 6.92 Å². The normalized spacial score (nSPS) is 23.8. The molecular formula is C26H28F5N3O4. The van der Waals surface area contributed by atoms with E-state index in [1.54, 1.807) is 17.0 Å². The van der Waals surface area contributed by atoms with E-state index in [0.29, 0.717) is 30.9 Å². The van der Waals surface area contributed by atoms with Gasteiger partial charge in [-0.3, -0.25) is 9.80 Å². The molecule has 2 aliphatic heterocycles. The van der Waals surface area contributed by atoms with Crippen molar-refractivity contribution in [3.05, 3.63) is 48.0 Å². The first-order chi connectivity index (χ1) is 17.9. The number of aliphatic carboxylic acids is 1. The van der Waals surface area contributed by atoms with Gasteiger partial charge < -0.3 is 19.5 Å². The Kier molecular flexibility index (Phi) is 7.70. The van der Waals surface area contributed by atoms with Crippen LogP contribution in [0.2, 0.25) is 0 Å². The van der Waals surface area contributed by atoms with Gasteiger partial charge in [0.2, 0.25) is 0 Å². The van der Waals surface area contributed by atoms with Crippen LogP contribution in [0.5, 0.6) is 11.5 Å². The average molecular weight is 542 g/mol. The summed E-state index contributed by atoms with van der Waals surface area (Å²) in [6.45, 7) is 4.06. The van der Waals surface area contributed by atoms with Crippen LogP contribution in [0, 0.1) is 23.5 Å². The number of piperidine rings is 1. The van der Waals surface area contributed by atoms with Gasteiger partial charge in [0, 0.05) is 43.5 Å². The van der Waals surface area contributed by atoms with Gasteiger partial charge in [-0.1, -0.05) is 13.8 Å². The zero-order valence-corrected chi connectivity index (χ0v) is 21.0. The SMILES string of the molecule is COc1cc(F)c(F)c(N2CCC(Oc3ccc(N4N=C(C(F)(F)F)[C@@H](C)[C@@H]4CC(=O)O)cc3)C(C)C2)c1. The summed E-state index contributed by atoms with van der Waals surface area (Å²) in [4.78, 5) is 13.0. The van der Waals surface area contributed by atoms with Gasteiger partial charge in [0.1, 0.15) is 23.3 Å². The number of halogens is 5. The molecule has 7 nitrogen and oxygen atoms in total. The van der Waals surface area contributed by atoms with Gasteiger partial charge >= 0.3 is 12.1 Å². The Labute approximate surface area is 216 Å². The number of anilines is 2. The topological polar surface area (TPSA) is 74.6 Å².